The van der Waals surface area contributed by atoms with Crippen molar-refractivity contribution in [2.24, 2.45) is 0 Å². The van der Waals surface area contributed by atoms with Gasteiger partial charge in [-0.3, -0.25) is 9.88 Å². The number of rotatable bonds is 5. The number of aromatic nitrogens is 2. The molecule has 1 fully saturated rings. The Bertz CT molecular complexity index is 842. The second-order valence-corrected chi connectivity index (χ2v) is 6.89. The first-order chi connectivity index (χ1) is 13.3. The van der Waals surface area contributed by atoms with Crippen LogP contribution in [0.2, 0.25) is 0 Å². The quantitative estimate of drug-likeness (QED) is 0.711. The maximum absolute atomic E-state index is 4.69. The summed E-state index contributed by atoms with van der Waals surface area (Å²) in [6, 6.07) is 19.2. The number of halogens is 1. The molecule has 3 aromatic rings. The SMILES string of the molecule is CN(c1ccccc1)c1ccc(CN2CCNCC2c2ccncc2)cn1.Cl. The van der Waals surface area contributed by atoms with E-state index in [1.807, 2.05) is 43.8 Å². The van der Waals surface area contributed by atoms with Gasteiger partial charge < -0.3 is 10.2 Å². The van der Waals surface area contributed by atoms with Crippen molar-refractivity contribution in [3.8, 4) is 0 Å². The highest BCUT2D eigenvalue weighted by Crippen LogP contribution is 2.25. The molecule has 0 radical (unpaired) electrons. The first-order valence-electron chi connectivity index (χ1n) is 9.39. The summed E-state index contributed by atoms with van der Waals surface area (Å²) < 4.78 is 0. The molecule has 1 aliphatic rings. The van der Waals surface area contributed by atoms with Crippen LogP contribution in [0.4, 0.5) is 11.5 Å². The van der Waals surface area contributed by atoms with E-state index in [0.717, 1.165) is 37.7 Å². The molecule has 5 nitrogen and oxygen atoms in total. The molecule has 1 aromatic carbocycles. The molecule has 28 heavy (non-hydrogen) atoms. The zero-order valence-electron chi connectivity index (χ0n) is 16.0. The largest absolute Gasteiger partial charge is 0.329 e. The van der Waals surface area contributed by atoms with Crippen molar-refractivity contribution in [2.75, 3.05) is 31.6 Å². The molecule has 1 N–H and O–H groups in total. The molecule has 0 bridgehead atoms. The Morgan fingerprint density at radius 1 is 1.07 bits per heavy atom. The fraction of sp³-hybridized carbons (Fsp3) is 0.273. The Kier molecular flexibility index (Phi) is 6.98. The van der Waals surface area contributed by atoms with Gasteiger partial charge in [-0.2, -0.15) is 0 Å². The predicted octanol–water partition coefficient (Wildman–Crippen LogP) is 3.81. The van der Waals surface area contributed by atoms with E-state index in [9.17, 15) is 0 Å². The van der Waals surface area contributed by atoms with E-state index in [2.05, 4.69) is 56.5 Å². The normalized spacial score (nSPS) is 17.0. The van der Waals surface area contributed by atoms with Crippen LogP contribution in [0.3, 0.4) is 0 Å². The maximum Gasteiger partial charge on any atom is 0.132 e. The highest BCUT2D eigenvalue weighted by Gasteiger charge is 2.23. The zero-order valence-corrected chi connectivity index (χ0v) is 16.8. The molecule has 0 spiro atoms. The van der Waals surface area contributed by atoms with Crippen LogP contribution >= 0.6 is 12.4 Å². The summed E-state index contributed by atoms with van der Waals surface area (Å²) in [5.41, 5.74) is 3.68. The molecular weight excluding hydrogens is 370 g/mol. The van der Waals surface area contributed by atoms with Crippen molar-refractivity contribution in [3.05, 3.63) is 84.3 Å². The van der Waals surface area contributed by atoms with Crippen LogP contribution in [0.5, 0.6) is 0 Å². The molecule has 0 aliphatic carbocycles. The van der Waals surface area contributed by atoms with E-state index < -0.39 is 0 Å². The van der Waals surface area contributed by atoms with E-state index in [-0.39, 0.29) is 12.4 Å². The Labute approximate surface area is 172 Å². The van der Waals surface area contributed by atoms with Crippen molar-refractivity contribution < 1.29 is 0 Å². The van der Waals surface area contributed by atoms with Crippen molar-refractivity contribution in [2.45, 2.75) is 12.6 Å². The summed E-state index contributed by atoms with van der Waals surface area (Å²) in [4.78, 5) is 13.5. The van der Waals surface area contributed by atoms with E-state index in [0.29, 0.717) is 6.04 Å². The van der Waals surface area contributed by atoms with Gasteiger partial charge in [-0.25, -0.2) is 4.98 Å². The Balaban J connectivity index is 0.00000225. The molecule has 0 saturated carbocycles. The number of pyridine rings is 2. The molecule has 146 valence electrons. The lowest BCUT2D eigenvalue weighted by Gasteiger charge is -2.36. The Hall–Kier alpha value is -2.47. The third-order valence-electron chi connectivity index (χ3n) is 5.13. The summed E-state index contributed by atoms with van der Waals surface area (Å²) in [6.45, 7) is 3.91. The van der Waals surface area contributed by atoms with Gasteiger partial charge in [0.1, 0.15) is 5.82 Å². The number of hydrogen-bond donors (Lipinski definition) is 1. The van der Waals surface area contributed by atoms with Crippen LogP contribution in [-0.4, -0.2) is 41.5 Å². The van der Waals surface area contributed by atoms with Gasteiger partial charge in [0.15, 0.2) is 0 Å². The maximum atomic E-state index is 4.69. The van der Waals surface area contributed by atoms with Crippen LogP contribution < -0.4 is 10.2 Å². The zero-order chi connectivity index (χ0) is 18.5. The number of para-hydroxylation sites is 1. The second-order valence-electron chi connectivity index (χ2n) is 6.89. The van der Waals surface area contributed by atoms with Gasteiger partial charge in [-0.05, 0) is 41.5 Å². The highest BCUT2D eigenvalue weighted by molar-refractivity contribution is 5.85. The monoisotopic (exact) mass is 395 g/mol. The van der Waals surface area contributed by atoms with Gasteiger partial charge in [0.2, 0.25) is 0 Å². The molecule has 3 heterocycles. The van der Waals surface area contributed by atoms with Gasteiger partial charge in [0.25, 0.3) is 0 Å². The molecular formula is C22H26ClN5. The van der Waals surface area contributed by atoms with E-state index in [4.69, 9.17) is 4.98 Å². The number of nitrogens with zero attached hydrogens (tertiary/aromatic N) is 4. The van der Waals surface area contributed by atoms with Gasteiger partial charge in [-0.15, -0.1) is 12.4 Å². The van der Waals surface area contributed by atoms with E-state index in [1.54, 1.807) is 0 Å². The summed E-state index contributed by atoms with van der Waals surface area (Å²) in [7, 11) is 2.05. The van der Waals surface area contributed by atoms with Crippen molar-refractivity contribution in [1.82, 2.24) is 20.2 Å². The van der Waals surface area contributed by atoms with Gasteiger partial charge >= 0.3 is 0 Å². The minimum atomic E-state index is 0. The molecule has 0 amide bonds. The van der Waals surface area contributed by atoms with E-state index >= 15 is 0 Å². The van der Waals surface area contributed by atoms with Gasteiger partial charge in [0.05, 0.1) is 0 Å². The van der Waals surface area contributed by atoms with Crippen molar-refractivity contribution in [1.29, 1.82) is 0 Å². The lowest BCUT2D eigenvalue weighted by molar-refractivity contribution is 0.153. The third kappa shape index (κ3) is 4.68. The van der Waals surface area contributed by atoms with Gasteiger partial charge in [-0.1, -0.05) is 24.3 Å². The molecule has 1 unspecified atom stereocenters. The van der Waals surface area contributed by atoms with Crippen LogP contribution in [-0.2, 0) is 6.54 Å². The molecule has 2 aromatic heterocycles. The van der Waals surface area contributed by atoms with Crippen molar-refractivity contribution >= 4 is 23.9 Å². The van der Waals surface area contributed by atoms with Crippen LogP contribution in [0.1, 0.15) is 17.2 Å². The standard InChI is InChI=1S/C22H25N5.ClH/c1-26(20-5-3-2-4-6-20)22-8-7-18(15-25-22)17-27-14-13-24-16-21(27)19-9-11-23-12-10-19;/h2-12,15,21,24H,13-14,16-17H2,1H3;1H. The third-order valence-corrected chi connectivity index (χ3v) is 5.13. The first-order valence-corrected chi connectivity index (χ1v) is 9.39. The number of benzene rings is 1. The van der Waals surface area contributed by atoms with E-state index in [1.165, 1.54) is 11.1 Å². The van der Waals surface area contributed by atoms with Gasteiger partial charge in [0, 0.05) is 63.5 Å². The molecule has 4 rings (SSSR count). The number of nitrogens with one attached hydrogen (secondary N) is 1. The average Bonchev–Trinajstić information content (AvgIpc) is 2.75. The summed E-state index contributed by atoms with van der Waals surface area (Å²) in [5.74, 6) is 0.955. The minimum Gasteiger partial charge on any atom is -0.329 e. The van der Waals surface area contributed by atoms with Crippen molar-refractivity contribution in [3.63, 3.8) is 0 Å². The first kappa shape index (κ1) is 20.3. The van der Waals surface area contributed by atoms with Crippen LogP contribution in [0.15, 0.2) is 73.2 Å². The lowest BCUT2D eigenvalue weighted by Crippen LogP contribution is -2.45. The Morgan fingerprint density at radius 3 is 2.57 bits per heavy atom. The topological polar surface area (TPSA) is 44.3 Å². The number of anilines is 2. The predicted molar refractivity (Wildman–Crippen MR) is 116 cm³/mol. The molecule has 1 aliphatic heterocycles. The molecule has 6 heteroatoms. The summed E-state index contributed by atoms with van der Waals surface area (Å²) in [6.07, 6.45) is 5.75. The minimum absolute atomic E-state index is 0. The fourth-order valence-electron chi connectivity index (χ4n) is 3.58. The summed E-state index contributed by atoms with van der Waals surface area (Å²) >= 11 is 0. The smallest absolute Gasteiger partial charge is 0.132 e. The Morgan fingerprint density at radius 2 is 1.86 bits per heavy atom. The van der Waals surface area contributed by atoms with Crippen LogP contribution in [0, 0.1) is 0 Å². The number of hydrogen-bond acceptors (Lipinski definition) is 5. The average molecular weight is 396 g/mol. The summed E-state index contributed by atoms with van der Waals surface area (Å²) in [5, 5.41) is 3.51. The second kappa shape index (κ2) is 9.64. The fourth-order valence-corrected chi connectivity index (χ4v) is 3.58. The highest BCUT2D eigenvalue weighted by atomic mass is 35.5. The number of piperazine rings is 1. The van der Waals surface area contributed by atoms with Crippen LogP contribution in [0.25, 0.3) is 0 Å². The molecule has 1 saturated heterocycles. The lowest BCUT2D eigenvalue weighted by atomic mass is 10.0. The molecule has 1 atom stereocenters.